The molecule has 0 saturated heterocycles. The molecule has 4 nitrogen and oxygen atoms in total. The molecule has 0 heterocycles. The third-order valence-corrected chi connectivity index (χ3v) is 5.69. The fourth-order valence-corrected chi connectivity index (χ4v) is 4.41. The zero-order valence-electron chi connectivity index (χ0n) is 11.6. The van der Waals surface area contributed by atoms with E-state index in [1.807, 2.05) is 60.7 Å². The number of esters is 1. The van der Waals surface area contributed by atoms with Gasteiger partial charge in [0.25, 0.3) is 0 Å². The Morgan fingerprint density at radius 1 is 1.10 bits per heavy atom. The van der Waals surface area contributed by atoms with E-state index in [9.17, 15) is 10.0 Å². The number of rotatable bonds is 6. The molecule has 21 heavy (non-hydrogen) atoms. The molecular formula is C16H17NO3Se. The van der Waals surface area contributed by atoms with Crippen molar-refractivity contribution in [2.45, 2.75) is 10.9 Å². The van der Waals surface area contributed by atoms with Crippen molar-refractivity contribution in [3.8, 4) is 0 Å². The number of ether oxygens (including phenoxy) is 1. The molecule has 5 heteroatoms. The van der Waals surface area contributed by atoms with Crippen LogP contribution in [0.1, 0.15) is 11.6 Å². The molecule has 2 unspecified atom stereocenters. The summed E-state index contributed by atoms with van der Waals surface area (Å²) in [4.78, 5) is 11.7. The Bertz CT molecular complexity index is 562. The van der Waals surface area contributed by atoms with E-state index in [1.165, 1.54) is 7.11 Å². The van der Waals surface area contributed by atoms with E-state index in [0.717, 1.165) is 10.0 Å². The predicted molar refractivity (Wildman–Crippen MR) is 81.7 cm³/mol. The van der Waals surface area contributed by atoms with Gasteiger partial charge in [0.1, 0.15) is 0 Å². The van der Waals surface area contributed by atoms with Crippen LogP contribution < -0.4 is 9.94 Å². The van der Waals surface area contributed by atoms with E-state index in [-0.39, 0.29) is 20.9 Å². The van der Waals surface area contributed by atoms with Crippen LogP contribution in [0.2, 0.25) is 4.82 Å². The Hall–Kier alpha value is -1.65. The summed E-state index contributed by atoms with van der Waals surface area (Å²) in [6.07, 6.45) is 0. The van der Waals surface area contributed by atoms with Crippen LogP contribution in [0.5, 0.6) is 0 Å². The molecule has 0 radical (unpaired) electrons. The molecule has 0 aliphatic carbocycles. The van der Waals surface area contributed by atoms with Gasteiger partial charge in [0.2, 0.25) is 0 Å². The van der Waals surface area contributed by atoms with E-state index in [4.69, 9.17) is 4.74 Å². The molecule has 2 aromatic rings. The second kappa shape index (κ2) is 7.96. The molecular weight excluding hydrogens is 333 g/mol. The van der Waals surface area contributed by atoms with E-state index in [0.29, 0.717) is 0 Å². The second-order valence-corrected chi connectivity index (χ2v) is 6.94. The monoisotopic (exact) mass is 351 g/mol. The second-order valence-electron chi connectivity index (χ2n) is 4.39. The summed E-state index contributed by atoms with van der Waals surface area (Å²) in [5.41, 5.74) is 3.12. The quantitative estimate of drug-likeness (QED) is 0.473. The molecule has 0 saturated carbocycles. The van der Waals surface area contributed by atoms with Gasteiger partial charge in [0, 0.05) is 0 Å². The summed E-state index contributed by atoms with van der Waals surface area (Å²) in [5.74, 6) is -0.325. The first-order valence-electron chi connectivity index (χ1n) is 6.50. The fourth-order valence-electron chi connectivity index (χ4n) is 1.99. The van der Waals surface area contributed by atoms with Gasteiger partial charge >= 0.3 is 130 Å². The van der Waals surface area contributed by atoms with Gasteiger partial charge in [-0.3, -0.25) is 0 Å². The van der Waals surface area contributed by atoms with Gasteiger partial charge in [0.15, 0.2) is 0 Å². The molecule has 0 aromatic heterocycles. The predicted octanol–water partition coefficient (Wildman–Crippen LogP) is 1.70. The molecule has 0 aliphatic heterocycles. The summed E-state index contributed by atoms with van der Waals surface area (Å²) in [5, 5.41) is 9.52. The number of carbonyl (C=O) groups excluding carboxylic acids is 1. The number of hydrogen-bond donors (Lipinski definition) is 2. The minimum absolute atomic E-state index is 0.162. The van der Waals surface area contributed by atoms with Crippen molar-refractivity contribution < 1.29 is 14.7 Å². The summed E-state index contributed by atoms with van der Waals surface area (Å²) in [6.45, 7) is 0. The average Bonchev–Trinajstić information content (AvgIpc) is 2.56. The van der Waals surface area contributed by atoms with Gasteiger partial charge < -0.3 is 0 Å². The van der Waals surface area contributed by atoms with Crippen LogP contribution in [0.15, 0.2) is 60.7 Å². The van der Waals surface area contributed by atoms with Gasteiger partial charge in [-0.2, -0.15) is 0 Å². The Morgan fingerprint density at radius 2 is 1.67 bits per heavy atom. The summed E-state index contributed by atoms with van der Waals surface area (Å²) in [6, 6.07) is 18.7. The maximum atomic E-state index is 12.1. The first kappa shape index (κ1) is 15.7. The van der Waals surface area contributed by atoms with Crippen LogP contribution in [0.4, 0.5) is 0 Å². The molecule has 2 atom stereocenters. The van der Waals surface area contributed by atoms with E-state index >= 15 is 0 Å². The first-order chi connectivity index (χ1) is 10.3. The number of benzene rings is 2. The van der Waals surface area contributed by atoms with Crippen molar-refractivity contribution in [2.24, 2.45) is 0 Å². The third-order valence-electron chi connectivity index (χ3n) is 3.04. The Balaban J connectivity index is 2.28. The number of methoxy groups -OCH3 is 1. The van der Waals surface area contributed by atoms with E-state index < -0.39 is 10.9 Å². The number of nitrogens with one attached hydrogen (secondary N) is 1. The Kier molecular flexibility index (Phi) is 5.96. The van der Waals surface area contributed by atoms with Crippen molar-refractivity contribution in [3.63, 3.8) is 0 Å². The van der Waals surface area contributed by atoms with Crippen LogP contribution in [-0.4, -0.2) is 33.2 Å². The van der Waals surface area contributed by atoms with Crippen molar-refractivity contribution in [3.05, 3.63) is 66.2 Å². The van der Waals surface area contributed by atoms with E-state index in [1.54, 1.807) is 0 Å². The van der Waals surface area contributed by atoms with Crippen molar-refractivity contribution in [2.75, 3.05) is 7.11 Å². The summed E-state index contributed by atoms with van der Waals surface area (Å²) in [7, 11) is 1.37. The SMILES string of the molecule is COC(=O)C([Se]c1ccccc1)C(NO)c1ccccc1. The summed E-state index contributed by atoms with van der Waals surface area (Å²) < 4.78 is 5.99. The molecule has 2 aromatic carbocycles. The molecule has 2 rings (SSSR count). The Morgan fingerprint density at radius 3 is 2.19 bits per heavy atom. The first-order valence-corrected chi connectivity index (χ1v) is 8.35. The normalized spacial score (nSPS) is 13.4. The molecule has 110 valence electrons. The molecule has 0 spiro atoms. The molecule has 0 aliphatic rings. The maximum absolute atomic E-state index is 12.1. The van der Waals surface area contributed by atoms with Gasteiger partial charge in [0.05, 0.1) is 0 Å². The number of hydrogen-bond acceptors (Lipinski definition) is 4. The van der Waals surface area contributed by atoms with Crippen molar-refractivity contribution in [1.29, 1.82) is 0 Å². The van der Waals surface area contributed by atoms with Gasteiger partial charge in [-0.15, -0.1) is 0 Å². The molecule has 0 amide bonds. The Labute approximate surface area is 130 Å². The van der Waals surface area contributed by atoms with Crippen molar-refractivity contribution >= 4 is 25.4 Å². The number of carbonyl (C=O) groups is 1. The van der Waals surface area contributed by atoms with Gasteiger partial charge in [-0.25, -0.2) is 0 Å². The summed E-state index contributed by atoms with van der Waals surface area (Å²) >= 11 is -0.162. The van der Waals surface area contributed by atoms with Crippen LogP contribution in [0, 0.1) is 0 Å². The van der Waals surface area contributed by atoms with Crippen LogP contribution in [0.25, 0.3) is 0 Å². The molecule has 2 N–H and O–H groups in total. The fraction of sp³-hybridized carbons (Fsp3) is 0.188. The van der Waals surface area contributed by atoms with Crippen molar-refractivity contribution in [1.82, 2.24) is 5.48 Å². The zero-order valence-corrected chi connectivity index (χ0v) is 13.3. The topological polar surface area (TPSA) is 58.6 Å². The molecule has 0 bridgehead atoms. The zero-order chi connectivity index (χ0) is 15.1. The van der Waals surface area contributed by atoms with E-state index in [2.05, 4.69) is 5.48 Å². The standard InChI is InChI=1S/C16H17NO3Se/c1-20-16(18)15(21-13-10-6-3-7-11-13)14(17-19)12-8-4-2-5-9-12/h2-11,14-15,17,19H,1H3. The van der Waals surface area contributed by atoms with Gasteiger partial charge in [-0.05, 0) is 0 Å². The molecule has 0 fully saturated rings. The third kappa shape index (κ3) is 4.16. The van der Waals surface area contributed by atoms with Gasteiger partial charge in [-0.1, -0.05) is 0 Å². The minimum atomic E-state index is -0.487. The van der Waals surface area contributed by atoms with Crippen LogP contribution in [0.3, 0.4) is 0 Å². The van der Waals surface area contributed by atoms with Crippen LogP contribution >= 0.6 is 0 Å². The average molecular weight is 350 g/mol. The van der Waals surface area contributed by atoms with Crippen LogP contribution in [-0.2, 0) is 9.53 Å². The number of hydroxylamine groups is 1.